The van der Waals surface area contributed by atoms with Gasteiger partial charge in [0, 0.05) is 0 Å². The second-order valence-electron chi connectivity index (χ2n) is 20.4. The van der Waals surface area contributed by atoms with Crippen molar-refractivity contribution in [2.75, 3.05) is 0 Å². The van der Waals surface area contributed by atoms with Crippen LogP contribution >= 0.6 is 0 Å². The minimum Gasteiger partial charge on any atom is -0.480 e. The van der Waals surface area contributed by atoms with E-state index in [0.717, 1.165) is 38.9 Å². The lowest BCUT2D eigenvalue weighted by atomic mass is 9.65. The molecule has 3 aromatic carbocycles. The molecule has 0 aliphatic rings. The van der Waals surface area contributed by atoms with Crippen LogP contribution in [0.2, 0.25) is 0 Å². The molecule has 0 atom stereocenters. The topological polar surface area (TPSA) is 37.3 Å². The van der Waals surface area contributed by atoms with Gasteiger partial charge >= 0.3 is 5.97 Å². The fourth-order valence-corrected chi connectivity index (χ4v) is 6.14. The normalized spacial score (nSPS) is 14.0. The van der Waals surface area contributed by atoms with E-state index >= 15 is 0 Å². The molecule has 0 amide bonds. The van der Waals surface area contributed by atoms with Crippen LogP contribution in [0.5, 0.6) is 0 Å². The summed E-state index contributed by atoms with van der Waals surface area (Å²) in [7, 11) is 0. The Kier molecular flexibility index (Phi) is 10.0. The lowest BCUT2D eigenvalue weighted by molar-refractivity contribution is -0.142. The van der Waals surface area contributed by atoms with Crippen molar-refractivity contribution < 1.29 is 9.90 Å². The predicted molar refractivity (Wildman–Crippen MR) is 204 cm³/mol. The quantitative estimate of drug-likeness (QED) is 0.302. The molecule has 0 saturated heterocycles. The Labute approximate surface area is 288 Å². The Balaban J connectivity index is 2.66. The molecule has 0 fully saturated rings. The zero-order valence-corrected chi connectivity index (χ0v) is 33.3. The van der Waals surface area contributed by atoms with Crippen LogP contribution in [0.15, 0.2) is 54.6 Å². The number of carboxylic acid groups (broad SMARTS) is 1. The standard InChI is InChI=1S/C45H66O2/c1-39(2,3)30-19-29(20-31(21-30)40(4,5)6)28-45(38(46)47,36-24-32(41(7,8)9)22-33(25-36)42(10,11)12)37-26-34(43(13,14)15)23-35(27-37)44(16,17)18/h19-27H,28H2,1-18H3,(H,46,47). The number of hydrogen-bond acceptors (Lipinski definition) is 1. The van der Waals surface area contributed by atoms with Gasteiger partial charge in [0.2, 0.25) is 0 Å². The zero-order valence-electron chi connectivity index (χ0n) is 33.3. The van der Waals surface area contributed by atoms with Crippen molar-refractivity contribution in [2.24, 2.45) is 0 Å². The van der Waals surface area contributed by atoms with Crippen LogP contribution in [0.4, 0.5) is 0 Å². The van der Waals surface area contributed by atoms with Crippen molar-refractivity contribution in [1.82, 2.24) is 0 Å². The van der Waals surface area contributed by atoms with Gasteiger partial charge in [-0.1, -0.05) is 179 Å². The molecule has 3 rings (SSSR count). The Morgan fingerprint density at radius 2 is 0.574 bits per heavy atom. The third kappa shape index (κ3) is 8.60. The Bertz CT molecular complexity index is 1440. The maximum atomic E-state index is 14.4. The van der Waals surface area contributed by atoms with Gasteiger partial charge in [-0.2, -0.15) is 0 Å². The molecule has 0 radical (unpaired) electrons. The van der Waals surface area contributed by atoms with Gasteiger partial charge < -0.3 is 5.11 Å². The predicted octanol–water partition coefficient (Wildman–Crippen LogP) is 12.1. The number of hydrogen-bond donors (Lipinski definition) is 1. The van der Waals surface area contributed by atoms with Crippen molar-refractivity contribution in [3.8, 4) is 0 Å². The summed E-state index contributed by atoms with van der Waals surface area (Å²) in [6.07, 6.45) is 0.351. The molecular formula is C45H66O2. The van der Waals surface area contributed by atoms with Crippen LogP contribution in [-0.4, -0.2) is 11.1 Å². The number of carboxylic acids is 1. The summed E-state index contributed by atoms with van der Waals surface area (Å²) >= 11 is 0. The third-order valence-electron chi connectivity index (χ3n) is 9.87. The average Bonchev–Trinajstić information content (AvgIpc) is 2.88. The largest absolute Gasteiger partial charge is 0.480 e. The second kappa shape index (κ2) is 12.2. The van der Waals surface area contributed by atoms with Crippen LogP contribution < -0.4 is 0 Å². The molecule has 0 aromatic heterocycles. The lowest BCUT2D eigenvalue weighted by Gasteiger charge is -2.37. The molecule has 0 heterocycles. The minimum atomic E-state index is -1.33. The van der Waals surface area contributed by atoms with Gasteiger partial charge in [-0.3, -0.25) is 4.79 Å². The fraction of sp³-hybridized carbons (Fsp3) is 0.578. The van der Waals surface area contributed by atoms with E-state index in [4.69, 9.17) is 0 Å². The van der Waals surface area contributed by atoms with E-state index < -0.39 is 11.4 Å². The van der Waals surface area contributed by atoms with Crippen LogP contribution in [0, 0.1) is 0 Å². The van der Waals surface area contributed by atoms with E-state index in [1.807, 2.05) is 0 Å². The highest BCUT2D eigenvalue weighted by atomic mass is 16.4. The van der Waals surface area contributed by atoms with E-state index in [2.05, 4.69) is 179 Å². The number of carbonyl (C=O) groups is 1. The number of benzene rings is 3. The monoisotopic (exact) mass is 639 g/mol. The molecule has 1 N–H and O–H groups in total. The second-order valence-corrected chi connectivity index (χ2v) is 20.4. The molecule has 0 spiro atoms. The highest BCUT2D eigenvalue weighted by Gasteiger charge is 2.45. The molecule has 0 bridgehead atoms. The molecular weight excluding hydrogens is 572 g/mol. The molecule has 2 heteroatoms. The number of rotatable bonds is 5. The Morgan fingerprint density at radius 1 is 0.383 bits per heavy atom. The first-order valence-corrected chi connectivity index (χ1v) is 17.6. The van der Waals surface area contributed by atoms with E-state index in [1.165, 1.54) is 11.1 Å². The van der Waals surface area contributed by atoms with Crippen molar-refractivity contribution in [2.45, 2.75) is 169 Å². The van der Waals surface area contributed by atoms with E-state index in [-0.39, 0.29) is 32.5 Å². The molecule has 0 unspecified atom stereocenters. The molecule has 0 aliphatic heterocycles. The van der Waals surface area contributed by atoms with Crippen LogP contribution in [0.25, 0.3) is 0 Å². The van der Waals surface area contributed by atoms with Gasteiger partial charge in [0.05, 0.1) is 0 Å². The van der Waals surface area contributed by atoms with Gasteiger partial charge in [-0.15, -0.1) is 0 Å². The minimum absolute atomic E-state index is 0.0843. The fourth-order valence-electron chi connectivity index (χ4n) is 6.14. The molecule has 0 saturated carbocycles. The van der Waals surface area contributed by atoms with Crippen molar-refractivity contribution in [3.63, 3.8) is 0 Å². The van der Waals surface area contributed by atoms with Crippen LogP contribution in [0.1, 0.15) is 175 Å². The summed E-state index contributed by atoms with van der Waals surface area (Å²) in [4.78, 5) is 14.4. The van der Waals surface area contributed by atoms with Crippen molar-refractivity contribution in [3.05, 3.63) is 105 Å². The van der Waals surface area contributed by atoms with Gasteiger partial charge in [-0.25, -0.2) is 0 Å². The third-order valence-corrected chi connectivity index (χ3v) is 9.87. The van der Waals surface area contributed by atoms with Crippen LogP contribution in [0.3, 0.4) is 0 Å². The first-order chi connectivity index (χ1) is 20.9. The van der Waals surface area contributed by atoms with E-state index in [9.17, 15) is 9.90 Å². The Morgan fingerprint density at radius 3 is 0.766 bits per heavy atom. The molecule has 47 heavy (non-hydrogen) atoms. The Hall–Kier alpha value is -2.87. The average molecular weight is 639 g/mol. The van der Waals surface area contributed by atoms with Crippen LogP contribution in [-0.2, 0) is 49.1 Å². The van der Waals surface area contributed by atoms with Crippen molar-refractivity contribution >= 4 is 5.97 Å². The van der Waals surface area contributed by atoms with Gasteiger partial charge in [0.1, 0.15) is 5.41 Å². The summed E-state index contributed by atoms with van der Waals surface area (Å²) in [5, 5.41) is 11.8. The maximum Gasteiger partial charge on any atom is 0.318 e. The highest BCUT2D eigenvalue weighted by Crippen LogP contribution is 2.44. The van der Waals surface area contributed by atoms with Gasteiger partial charge in [-0.05, 0) is 89.0 Å². The first kappa shape index (κ1) is 38.6. The number of aliphatic carboxylic acids is 1. The summed E-state index contributed by atoms with van der Waals surface area (Å²) in [6.45, 7) is 40.1. The molecule has 2 nitrogen and oxygen atoms in total. The molecule has 3 aromatic rings. The zero-order chi connectivity index (χ0) is 36.3. The highest BCUT2D eigenvalue weighted by molar-refractivity contribution is 5.87. The van der Waals surface area contributed by atoms with Gasteiger partial charge in [0.25, 0.3) is 0 Å². The molecule has 0 aliphatic carbocycles. The summed E-state index contributed by atoms with van der Waals surface area (Å²) in [6, 6.07) is 20.2. The SMILES string of the molecule is CC(C)(C)c1cc(CC(C(=O)O)(c2cc(C(C)(C)C)cc(C(C)(C)C)c2)c2cc(C(C)(C)C)cc(C(C)(C)C)c2)cc(C(C)(C)C)c1. The molecule has 258 valence electrons. The summed E-state index contributed by atoms with van der Waals surface area (Å²) in [5.41, 5.74) is 7.75. The van der Waals surface area contributed by atoms with E-state index in [0.29, 0.717) is 6.42 Å². The first-order valence-electron chi connectivity index (χ1n) is 17.6. The smallest absolute Gasteiger partial charge is 0.318 e. The van der Waals surface area contributed by atoms with Gasteiger partial charge in [0.15, 0.2) is 0 Å². The van der Waals surface area contributed by atoms with Crippen molar-refractivity contribution in [1.29, 1.82) is 0 Å². The van der Waals surface area contributed by atoms with E-state index in [1.54, 1.807) is 0 Å². The maximum absolute atomic E-state index is 14.4. The summed E-state index contributed by atoms with van der Waals surface area (Å²) in [5.74, 6) is -0.812. The summed E-state index contributed by atoms with van der Waals surface area (Å²) < 4.78 is 0. The lowest BCUT2D eigenvalue weighted by Crippen LogP contribution is -2.41.